The van der Waals surface area contributed by atoms with Gasteiger partial charge in [-0.2, -0.15) is 0 Å². The summed E-state index contributed by atoms with van der Waals surface area (Å²) in [4.78, 5) is 22.6. The zero-order valence-corrected chi connectivity index (χ0v) is 11.8. The zero-order chi connectivity index (χ0) is 15.2. The van der Waals surface area contributed by atoms with Gasteiger partial charge < -0.3 is 23.7 Å². The van der Waals surface area contributed by atoms with Crippen molar-refractivity contribution in [2.75, 3.05) is 20.0 Å². The molecule has 21 heavy (non-hydrogen) atoms. The number of esters is 1. The standard InChI is InChI=1S/C14H16O7/c1-9(2)13(15)17-5-6-18-14(16)21-10-3-4-11-12(7-10)20-8-19-11/h3-4,7,9H,5-6,8H2,1-2H3. The van der Waals surface area contributed by atoms with Gasteiger partial charge in [0.15, 0.2) is 11.5 Å². The van der Waals surface area contributed by atoms with Crippen LogP contribution in [0.3, 0.4) is 0 Å². The van der Waals surface area contributed by atoms with Gasteiger partial charge in [0.1, 0.15) is 19.0 Å². The fraction of sp³-hybridized carbons (Fsp3) is 0.429. The molecule has 7 heteroatoms. The third-order valence-corrected chi connectivity index (χ3v) is 2.56. The lowest BCUT2D eigenvalue weighted by molar-refractivity contribution is -0.148. The van der Waals surface area contributed by atoms with Crippen molar-refractivity contribution in [3.05, 3.63) is 18.2 Å². The largest absolute Gasteiger partial charge is 0.513 e. The predicted octanol–water partition coefficient (Wildman–Crippen LogP) is 2.13. The Kier molecular flexibility index (Phi) is 4.86. The van der Waals surface area contributed by atoms with Crippen molar-refractivity contribution >= 4 is 12.1 Å². The summed E-state index contributed by atoms with van der Waals surface area (Å²) in [6.07, 6.45) is -0.880. The van der Waals surface area contributed by atoms with E-state index in [1.165, 1.54) is 6.07 Å². The van der Waals surface area contributed by atoms with Crippen molar-refractivity contribution in [2.45, 2.75) is 13.8 Å². The third-order valence-electron chi connectivity index (χ3n) is 2.56. The first-order valence-corrected chi connectivity index (χ1v) is 6.47. The summed E-state index contributed by atoms with van der Waals surface area (Å²) in [7, 11) is 0. The van der Waals surface area contributed by atoms with E-state index in [1.54, 1.807) is 26.0 Å². The molecule has 0 aromatic heterocycles. The van der Waals surface area contributed by atoms with Gasteiger partial charge in [-0.15, -0.1) is 0 Å². The molecule has 1 aliphatic heterocycles. The number of hydrogen-bond donors (Lipinski definition) is 0. The van der Waals surface area contributed by atoms with Crippen molar-refractivity contribution in [2.24, 2.45) is 5.92 Å². The summed E-state index contributed by atoms with van der Waals surface area (Å²) in [6.45, 7) is 3.51. The van der Waals surface area contributed by atoms with Crippen molar-refractivity contribution in [3.8, 4) is 17.2 Å². The van der Waals surface area contributed by atoms with Crippen molar-refractivity contribution in [1.82, 2.24) is 0 Å². The molecule has 0 N–H and O–H groups in total. The van der Waals surface area contributed by atoms with E-state index in [2.05, 4.69) is 0 Å². The summed E-state index contributed by atoms with van der Waals surface area (Å²) in [5.74, 6) is 0.819. The number of carbonyl (C=O) groups is 2. The minimum absolute atomic E-state index is 0.00669. The average Bonchev–Trinajstić information content (AvgIpc) is 2.90. The van der Waals surface area contributed by atoms with Gasteiger partial charge in [-0.1, -0.05) is 13.8 Å². The van der Waals surface area contributed by atoms with Gasteiger partial charge >= 0.3 is 12.1 Å². The summed E-state index contributed by atoms with van der Waals surface area (Å²) in [5.41, 5.74) is 0. The van der Waals surface area contributed by atoms with Crippen molar-refractivity contribution < 1.29 is 33.3 Å². The third kappa shape index (κ3) is 4.27. The van der Waals surface area contributed by atoms with Gasteiger partial charge in [0.2, 0.25) is 6.79 Å². The van der Waals surface area contributed by atoms with Crippen LogP contribution in [0.1, 0.15) is 13.8 Å². The second-order valence-corrected chi connectivity index (χ2v) is 4.54. The van der Waals surface area contributed by atoms with Crippen molar-refractivity contribution in [3.63, 3.8) is 0 Å². The first-order chi connectivity index (χ1) is 10.1. The minimum atomic E-state index is -0.880. The molecule has 0 saturated carbocycles. The fourth-order valence-electron chi connectivity index (χ4n) is 1.50. The molecule has 1 aromatic carbocycles. The molecule has 0 radical (unpaired) electrons. The fourth-order valence-corrected chi connectivity index (χ4v) is 1.50. The Balaban J connectivity index is 1.71. The highest BCUT2D eigenvalue weighted by atomic mass is 16.7. The molecule has 0 spiro atoms. The van der Waals surface area contributed by atoms with Gasteiger partial charge in [-0.05, 0) is 12.1 Å². The maximum atomic E-state index is 11.4. The zero-order valence-electron chi connectivity index (χ0n) is 11.8. The maximum absolute atomic E-state index is 11.4. The Morgan fingerprint density at radius 1 is 1.14 bits per heavy atom. The van der Waals surface area contributed by atoms with E-state index in [4.69, 9.17) is 23.7 Å². The first kappa shape index (κ1) is 15.0. The molecule has 2 rings (SSSR count). The smallest absolute Gasteiger partial charge is 0.462 e. The molecular weight excluding hydrogens is 280 g/mol. The monoisotopic (exact) mass is 296 g/mol. The number of fused-ring (bicyclic) bond motifs is 1. The molecule has 114 valence electrons. The molecule has 0 unspecified atom stereocenters. The highest BCUT2D eigenvalue weighted by Gasteiger charge is 2.15. The van der Waals surface area contributed by atoms with E-state index >= 15 is 0 Å². The second kappa shape index (κ2) is 6.83. The number of benzene rings is 1. The molecule has 0 aliphatic carbocycles. The number of carbonyl (C=O) groups excluding carboxylic acids is 2. The van der Waals surface area contributed by atoms with Crippen LogP contribution < -0.4 is 14.2 Å². The molecule has 0 saturated heterocycles. The van der Waals surface area contributed by atoms with E-state index in [9.17, 15) is 9.59 Å². The molecule has 7 nitrogen and oxygen atoms in total. The Bertz CT molecular complexity index is 524. The molecular formula is C14H16O7. The van der Waals surface area contributed by atoms with Crippen LogP contribution in [0.2, 0.25) is 0 Å². The number of hydrogen-bond acceptors (Lipinski definition) is 7. The van der Waals surface area contributed by atoms with Crippen LogP contribution in [0.15, 0.2) is 18.2 Å². The molecule has 1 aromatic rings. The Morgan fingerprint density at radius 3 is 2.62 bits per heavy atom. The SMILES string of the molecule is CC(C)C(=O)OCCOC(=O)Oc1ccc2c(c1)OCO2. The number of ether oxygens (including phenoxy) is 5. The summed E-state index contributed by atoms with van der Waals surface area (Å²) in [6, 6.07) is 4.73. The van der Waals surface area contributed by atoms with Gasteiger partial charge in [0.25, 0.3) is 0 Å². The van der Waals surface area contributed by atoms with E-state index < -0.39 is 6.16 Å². The maximum Gasteiger partial charge on any atom is 0.513 e. The van der Waals surface area contributed by atoms with Crippen LogP contribution in [0.5, 0.6) is 17.2 Å². The lowest BCUT2D eigenvalue weighted by atomic mass is 10.2. The first-order valence-electron chi connectivity index (χ1n) is 6.47. The summed E-state index contributed by atoms with van der Waals surface area (Å²) in [5, 5.41) is 0. The van der Waals surface area contributed by atoms with E-state index in [0.29, 0.717) is 11.5 Å². The molecule has 0 fully saturated rings. The Labute approximate surface area is 121 Å². The van der Waals surface area contributed by atoms with Crippen LogP contribution in [0.25, 0.3) is 0 Å². The van der Waals surface area contributed by atoms with E-state index in [1.807, 2.05) is 0 Å². The second-order valence-electron chi connectivity index (χ2n) is 4.54. The normalized spacial score (nSPS) is 12.1. The van der Waals surface area contributed by atoms with Gasteiger partial charge in [-0.25, -0.2) is 4.79 Å². The highest BCUT2D eigenvalue weighted by Crippen LogP contribution is 2.35. The Hall–Kier alpha value is -2.44. The highest BCUT2D eigenvalue weighted by molar-refractivity contribution is 5.71. The van der Waals surface area contributed by atoms with Crippen LogP contribution in [0.4, 0.5) is 4.79 Å². The van der Waals surface area contributed by atoms with Crippen molar-refractivity contribution in [1.29, 1.82) is 0 Å². The van der Waals surface area contributed by atoms with Gasteiger partial charge in [0.05, 0.1) is 5.92 Å². The summed E-state index contributed by atoms with van der Waals surface area (Å²) < 4.78 is 24.9. The van der Waals surface area contributed by atoms with Crippen LogP contribution in [-0.2, 0) is 14.3 Å². The van der Waals surface area contributed by atoms with Crippen LogP contribution >= 0.6 is 0 Å². The molecule has 1 aliphatic rings. The molecule has 0 amide bonds. The summed E-state index contributed by atoms with van der Waals surface area (Å²) >= 11 is 0. The molecule has 0 atom stereocenters. The predicted molar refractivity (Wildman–Crippen MR) is 70.3 cm³/mol. The van der Waals surface area contributed by atoms with Crippen LogP contribution in [-0.4, -0.2) is 32.1 Å². The van der Waals surface area contributed by atoms with E-state index in [0.717, 1.165) is 0 Å². The van der Waals surface area contributed by atoms with Crippen LogP contribution in [0, 0.1) is 5.92 Å². The number of rotatable bonds is 5. The van der Waals surface area contributed by atoms with E-state index in [-0.39, 0.29) is 37.6 Å². The van der Waals surface area contributed by atoms with Gasteiger partial charge in [0, 0.05) is 6.07 Å². The van der Waals surface area contributed by atoms with Gasteiger partial charge in [-0.3, -0.25) is 4.79 Å². The minimum Gasteiger partial charge on any atom is -0.462 e. The molecule has 0 bridgehead atoms. The molecule has 1 heterocycles. The lowest BCUT2D eigenvalue weighted by Crippen LogP contribution is -2.18. The topological polar surface area (TPSA) is 80.3 Å². The average molecular weight is 296 g/mol. The quantitative estimate of drug-likeness (QED) is 0.467. The lowest BCUT2D eigenvalue weighted by Gasteiger charge is -2.08. The Morgan fingerprint density at radius 2 is 1.86 bits per heavy atom.